The van der Waals surface area contributed by atoms with Crippen molar-refractivity contribution in [3.8, 4) is 0 Å². The summed E-state index contributed by atoms with van der Waals surface area (Å²) in [4.78, 5) is 0. The zero-order chi connectivity index (χ0) is 14.0. The van der Waals surface area contributed by atoms with Gasteiger partial charge in [-0.15, -0.1) is 0 Å². The Labute approximate surface area is 118 Å². The Bertz CT molecular complexity index is 518. The van der Waals surface area contributed by atoms with Crippen molar-refractivity contribution < 1.29 is 8.42 Å². The van der Waals surface area contributed by atoms with E-state index in [1.54, 1.807) is 6.07 Å². The molecule has 102 valence electrons. The van der Waals surface area contributed by atoms with Crippen LogP contribution in [0.25, 0.3) is 0 Å². The third-order valence-corrected chi connectivity index (χ3v) is 4.44. The first kappa shape index (κ1) is 15.5. The van der Waals surface area contributed by atoms with E-state index in [4.69, 9.17) is 0 Å². The molecule has 3 nitrogen and oxygen atoms in total. The van der Waals surface area contributed by atoms with Gasteiger partial charge in [-0.05, 0) is 52.4 Å². The molecule has 0 unspecified atom stereocenters. The molecule has 1 N–H and O–H groups in total. The van der Waals surface area contributed by atoms with Crippen LogP contribution < -0.4 is 4.72 Å². The topological polar surface area (TPSA) is 46.2 Å². The van der Waals surface area contributed by atoms with Crippen molar-refractivity contribution in [1.29, 1.82) is 0 Å². The number of aryl methyl sites for hydroxylation is 1. The van der Waals surface area contributed by atoms with Crippen LogP contribution in [0.4, 0.5) is 5.69 Å². The summed E-state index contributed by atoms with van der Waals surface area (Å²) in [6.45, 7) is 8.06. The molecule has 18 heavy (non-hydrogen) atoms. The fraction of sp³-hybridized carbons (Fsp3) is 0.538. The molecule has 0 aliphatic carbocycles. The maximum absolute atomic E-state index is 12.0. The molecule has 1 rings (SSSR count). The van der Waals surface area contributed by atoms with Crippen LogP contribution in [0.3, 0.4) is 0 Å². The fourth-order valence-electron chi connectivity index (χ4n) is 1.36. The van der Waals surface area contributed by atoms with E-state index in [1.165, 1.54) is 0 Å². The highest BCUT2D eigenvalue weighted by atomic mass is 79.9. The van der Waals surface area contributed by atoms with E-state index in [0.29, 0.717) is 12.1 Å². The molecule has 0 heterocycles. The van der Waals surface area contributed by atoms with E-state index in [-0.39, 0.29) is 11.2 Å². The van der Waals surface area contributed by atoms with Crippen LogP contribution in [-0.2, 0) is 10.0 Å². The van der Waals surface area contributed by atoms with Gasteiger partial charge in [-0.1, -0.05) is 26.8 Å². The molecular formula is C13H20BrNO2S. The predicted molar refractivity (Wildman–Crippen MR) is 80.4 cm³/mol. The van der Waals surface area contributed by atoms with Gasteiger partial charge in [-0.25, -0.2) is 8.42 Å². The molecule has 0 aliphatic heterocycles. The van der Waals surface area contributed by atoms with Crippen LogP contribution in [0.1, 0.15) is 32.8 Å². The summed E-state index contributed by atoms with van der Waals surface area (Å²) in [5.41, 5.74) is 1.69. The maximum atomic E-state index is 12.0. The summed E-state index contributed by atoms with van der Waals surface area (Å²) >= 11 is 3.36. The second-order valence-corrected chi connectivity index (χ2v) is 8.41. The number of anilines is 1. The van der Waals surface area contributed by atoms with Gasteiger partial charge in [-0.3, -0.25) is 4.72 Å². The molecular weight excluding hydrogens is 314 g/mol. The summed E-state index contributed by atoms with van der Waals surface area (Å²) in [6.07, 6.45) is 0.631. The normalized spacial score (nSPS) is 12.5. The SMILES string of the molecule is Cc1ccc(NS(=O)(=O)CCC(C)(C)C)c(Br)c1. The minimum Gasteiger partial charge on any atom is -0.282 e. The fourth-order valence-corrected chi connectivity index (χ4v) is 3.58. The van der Waals surface area contributed by atoms with Gasteiger partial charge in [0.15, 0.2) is 0 Å². The van der Waals surface area contributed by atoms with Crippen molar-refractivity contribution in [3.05, 3.63) is 28.2 Å². The van der Waals surface area contributed by atoms with Crippen molar-refractivity contribution in [2.45, 2.75) is 34.1 Å². The largest absolute Gasteiger partial charge is 0.282 e. The molecule has 0 aliphatic rings. The summed E-state index contributed by atoms with van der Waals surface area (Å²) in [6, 6.07) is 5.54. The standard InChI is InChI=1S/C13H20BrNO2S/c1-10-5-6-12(11(14)9-10)15-18(16,17)8-7-13(2,3)4/h5-6,9,15H,7-8H2,1-4H3. The van der Waals surface area contributed by atoms with Crippen molar-refractivity contribution in [2.75, 3.05) is 10.5 Å². The van der Waals surface area contributed by atoms with Gasteiger partial charge in [0.25, 0.3) is 0 Å². The third-order valence-electron chi connectivity index (χ3n) is 2.51. The minimum atomic E-state index is -3.28. The second kappa shape index (κ2) is 5.61. The van der Waals surface area contributed by atoms with E-state index in [2.05, 4.69) is 20.7 Å². The predicted octanol–water partition coefficient (Wildman–Crippen LogP) is 3.94. The van der Waals surface area contributed by atoms with Crippen molar-refractivity contribution >= 4 is 31.6 Å². The van der Waals surface area contributed by atoms with Crippen LogP contribution >= 0.6 is 15.9 Å². The van der Waals surface area contributed by atoms with Gasteiger partial charge >= 0.3 is 0 Å². The summed E-state index contributed by atoms with van der Waals surface area (Å²) in [5.74, 6) is 0.136. The lowest BCUT2D eigenvalue weighted by Gasteiger charge is -2.18. The van der Waals surface area contributed by atoms with Crippen LogP contribution in [0.2, 0.25) is 0 Å². The van der Waals surface area contributed by atoms with E-state index in [1.807, 2.05) is 39.8 Å². The van der Waals surface area contributed by atoms with Gasteiger partial charge in [-0.2, -0.15) is 0 Å². The summed E-state index contributed by atoms with van der Waals surface area (Å²) in [7, 11) is -3.28. The molecule has 0 spiro atoms. The van der Waals surface area contributed by atoms with E-state index < -0.39 is 10.0 Å². The van der Waals surface area contributed by atoms with E-state index >= 15 is 0 Å². The highest BCUT2D eigenvalue weighted by Gasteiger charge is 2.18. The van der Waals surface area contributed by atoms with E-state index in [0.717, 1.165) is 10.0 Å². The van der Waals surface area contributed by atoms with E-state index in [9.17, 15) is 8.42 Å². The van der Waals surface area contributed by atoms with Crippen LogP contribution in [0, 0.1) is 12.3 Å². The van der Waals surface area contributed by atoms with Crippen LogP contribution in [0.15, 0.2) is 22.7 Å². The van der Waals surface area contributed by atoms with Crippen molar-refractivity contribution in [1.82, 2.24) is 0 Å². The molecule has 0 amide bonds. The van der Waals surface area contributed by atoms with Gasteiger partial charge in [0.2, 0.25) is 10.0 Å². The molecule has 1 aromatic carbocycles. The second-order valence-electron chi connectivity index (χ2n) is 5.71. The zero-order valence-corrected chi connectivity index (χ0v) is 13.7. The highest BCUT2D eigenvalue weighted by Crippen LogP contribution is 2.25. The number of sulfonamides is 1. The Balaban J connectivity index is 2.77. The van der Waals surface area contributed by atoms with Crippen molar-refractivity contribution in [2.24, 2.45) is 5.41 Å². The van der Waals surface area contributed by atoms with Gasteiger partial charge in [0.05, 0.1) is 11.4 Å². The first-order chi connectivity index (χ1) is 8.09. The molecule has 0 bridgehead atoms. The molecule has 1 aromatic rings. The molecule has 0 radical (unpaired) electrons. The van der Waals surface area contributed by atoms with Gasteiger partial charge in [0, 0.05) is 4.47 Å². The highest BCUT2D eigenvalue weighted by molar-refractivity contribution is 9.10. The molecule has 0 fully saturated rings. The number of rotatable bonds is 4. The molecule has 0 aromatic heterocycles. The minimum absolute atomic E-state index is 0.0132. The number of hydrogen-bond acceptors (Lipinski definition) is 2. The molecule has 0 saturated carbocycles. The Hall–Kier alpha value is -0.550. The lowest BCUT2D eigenvalue weighted by Crippen LogP contribution is -2.21. The lowest BCUT2D eigenvalue weighted by atomic mass is 9.94. The lowest BCUT2D eigenvalue weighted by molar-refractivity contribution is 0.397. The maximum Gasteiger partial charge on any atom is 0.232 e. The summed E-state index contributed by atoms with van der Waals surface area (Å²) < 4.78 is 27.3. The Morgan fingerprint density at radius 1 is 1.28 bits per heavy atom. The monoisotopic (exact) mass is 333 g/mol. The average Bonchev–Trinajstić information content (AvgIpc) is 2.19. The number of benzene rings is 1. The van der Waals surface area contributed by atoms with Crippen LogP contribution in [0.5, 0.6) is 0 Å². The zero-order valence-electron chi connectivity index (χ0n) is 11.2. The van der Waals surface area contributed by atoms with Crippen LogP contribution in [-0.4, -0.2) is 14.2 Å². The first-order valence-corrected chi connectivity index (χ1v) is 8.30. The van der Waals surface area contributed by atoms with Gasteiger partial charge in [0.1, 0.15) is 0 Å². The van der Waals surface area contributed by atoms with Gasteiger partial charge < -0.3 is 0 Å². The smallest absolute Gasteiger partial charge is 0.232 e. The quantitative estimate of drug-likeness (QED) is 0.907. The number of halogens is 1. The third kappa shape index (κ3) is 5.40. The Morgan fingerprint density at radius 2 is 1.89 bits per heavy atom. The molecule has 5 heteroatoms. The Kier molecular flexibility index (Phi) is 4.84. The Morgan fingerprint density at radius 3 is 2.39 bits per heavy atom. The van der Waals surface area contributed by atoms with Crippen molar-refractivity contribution in [3.63, 3.8) is 0 Å². The number of hydrogen-bond donors (Lipinski definition) is 1. The molecule has 0 atom stereocenters. The molecule has 0 saturated heterocycles. The number of nitrogens with one attached hydrogen (secondary N) is 1. The summed E-state index contributed by atoms with van der Waals surface area (Å²) in [5, 5.41) is 0. The first-order valence-electron chi connectivity index (χ1n) is 5.86. The average molecular weight is 334 g/mol.